The molecule has 0 amide bonds. The molecule has 42 valence electrons. The molecular formula is C4H6F2O. The molecule has 0 aliphatic carbocycles. The third-order valence-corrected chi connectivity index (χ3v) is 1.07. The van der Waals surface area contributed by atoms with Gasteiger partial charge in [-0.1, -0.05) is 0 Å². The normalized spacial score (nSPS) is 51.0. The van der Waals surface area contributed by atoms with E-state index < -0.39 is 12.0 Å². The quantitative estimate of drug-likeness (QED) is 0.450. The first-order valence-electron chi connectivity index (χ1n) is 2.10. The Kier molecular flexibility index (Phi) is 0.819. The van der Waals surface area contributed by atoms with E-state index in [-0.39, 0.29) is 6.61 Å². The van der Waals surface area contributed by atoms with E-state index in [9.17, 15) is 8.78 Å². The summed E-state index contributed by atoms with van der Waals surface area (Å²) in [5.74, 6) is -1.99. The van der Waals surface area contributed by atoms with Crippen LogP contribution in [0.4, 0.5) is 8.78 Å². The first-order chi connectivity index (χ1) is 3.13. The second kappa shape index (κ2) is 1.15. The number of hydrogen-bond acceptors (Lipinski definition) is 1. The summed E-state index contributed by atoms with van der Waals surface area (Å²) in [6, 6.07) is 0. The number of ether oxygens (including phenoxy) is 1. The van der Waals surface area contributed by atoms with Crippen LogP contribution in [0, 0.1) is 0 Å². The van der Waals surface area contributed by atoms with Crippen molar-refractivity contribution in [1.82, 2.24) is 0 Å². The van der Waals surface area contributed by atoms with Gasteiger partial charge in [0.05, 0.1) is 6.61 Å². The van der Waals surface area contributed by atoms with Gasteiger partial charge in [0.15, 0.2) is 6.17 Å². The molecule has 3 heteroatoms. The summed E-state index contributed by atoms with van der Waals surface area (Å²) in [6.45, 7) is 0.994. The first kappa shape index (κ1) is 4.97. The number of alkyl halides is 2. The molecule has 0 aromatic rings. The van der Waals surface area contributed by atoms with Gasteiger partial charge in [-0.05, 0) is 6.92 Å². The van der Waals surface area contributed by atoms with Crippen LogP contribution in [0.3, 0.4) is 0 Å². The minimum atomic E-state index is -1.99. The lowest BCUT2D eigenvalue weighted by atomic mass is 10.1. The van der Waals surface area contributed by atoms with E-state index in [2.05, 4.69) is 4.74 Å². The standard InChI is InChI=1S/C4H6F2O/c1-4(6)3(5)2-7-4/h3H,2H2,1H3. The fourth-order valence-corrected chi connectivity index (χ4v) is 0.376. The molecule has 1 heterocycles. The molecule has 1 aliphatic heterocycles. The number of halogens is 2. The number of hydrogen-bond donors (Lipinski definition) is 0. The molecule has 0 N–H and O–H groups in total. The Morgan fingerprint density at radius 2 is 2.29 bits per heavy atom. The van der Waals surface area contributed by atoms with E-state index in [0.29, 0.717) is 0 Å². The fraction of sp³-hybridized carbons (Fsp3) is 1.00. The van der Waals surface area contributed by atoms with Gasteiger partial charge in [-0.15, -0.1) is 0 Å². The highest BCUT2D eigenvalue weighted by Crippen LogP contribution is 2.29. The average molecular weight is 108 g/mol. The van der Waals surface area contributed by atoms with E-state index >= 15 is 0 Å². The Morgan fingerprint density at radius 3 is 2.29 bits per heavy atom. The highest BCUT2D eigenvalue weighted by Gasteiger charge is 2.45. The largest absolute Gasteiger partial charge is 0.340 e. The Hall–Kier alpha value is -0.180. The van der Waals surface area contributed by atoms with Crippen molar-refractivity contribution in [2.75, 3.05) is 6.61 Å². The van der Waals surface area contributed by atoms with Crippen molar-refractivity contribution >= 4 is 0 Å². The van der Waals surface area contributed by atoms with E-state index in [0.717, 1.165) is 6.92 Å². The summed E-state index contributed by atoms with van der Waals surface area (Å²) in [5, 5.41) is 0. The topological polar surface area (TPSA) is 9.23 Å². The minimum Gasteiger partial charge on any atom is -0.340 e. The third kappa shape index (κ3) is 0.608. The fourth-order valence-electron chi connectivity index (χ4n) is 0.376. The molecule has 0 spiro atoms. The molecule has 1 aliphatic rings. The zero-order chi connectivity index (χ0) is 5.49. The van der Waals surface area contributed by atoms with Gasteiger partial charge in [0.2, 0.25) is 5.85 Å². The molecular weight excluding hydrogens is 102 g/mol. The molecule has 1 nitrogen and oxygen atoms in total. The van der Waals surface area contributed by atoms with E-state index in [1.165, 1.54) is 0 Å². The molecule has 2 atom stereocenters. The second-order valence-corrected chi connectivity index (χ2v) is 1.76. The summed E-state index contributed by atoms with van der Waals surface area (Å²) in [6.07, 6.45) is -1.41. The number of rotatable bonds is 0. The van der Waals surface area contributed by atoms with Crippen molar-refractivity contribution < 1.29 is 13.5 Å². The highest BCUT2D eigenvalue weighted by atomic mass is 19.2. The lowest BCUT2D eigenvalue weighted by Crippen LogP contribution is -2.49. The van der Waals surface area contributed by atoms with Crippen LogP contribution in [0.15, 0.2) is 0 Å². The molecule has 0 radical (unpaired) electrons. The van der Waals surface area contributed by atoms with Crippen molar-refractivity contribution in [1.29, 1.82) is 0 Å². The average Bonchev–Trinajstić information content (AvgIpc) is 1.63. The van der Waals surface area contributed by atoms with Gasteiger partial charge < -0.3 is 4.74 Å². The summed E-state index contributed by atoms with van der Waals surface area (Å²) in [4.78, 5) is 0. The second-order valence-electron chi connectivity index (χ2n) is 1.76. The summed E-state index contributed by atoms with van der Waals surface area (Å²) >= 11 is 0. The van der Waals surface area contributed by atoms with Crippen molar-refractivity contribution in [3.8, 4) is 0 Å². The van der Waals surface area contributed by atoms with Gasteiger partial charge >= 0.3 is 0 Å². The molecule has 2 unspecified atom stereocenters. The van der Waals surface area contributed by atoms with Gasteiger partial charge in [-0.25, -0.2) is 8.78 Å². The van der Waals surface area contributed by atoms with Gasteiger partial charge in [0.1, 0.15) is 0 Å². The molecule has 7 heavy (non-hydrogen) atoms. The molecule has 0 aromatic carbocycles. The van der Waals surface area contributed by atoms with Crippen LogP contribution in [0.2, 0.25) is 0 Å². The Balaban J connectivity index is 2.43. The van der Waals surface area contributed by atoms with Gasteiger partial charge in [0.25, 0.3) is 0 Å². The van der Waals surface area contributed by atoms with Crippen LogP contribution in [0.25, 0.3) is 0 Å². The van der Waals surface area contributed by atoms with Crippen LogP contribution in [0.1, 0.15) is 6.92 Å². The zero-order valence-electron chi connectivity index (χ0n) is 3.95. The van der Waals surface area contributed by atoms with Crippen LogP contribution < -0.4 is 0 Å². The van der Waals surface area contributed by atoms with E-state index in [1.807, 2.05) is 0 Å². The summed E-state index contributed by atoms with van der Waals surface area (Å²) < 4.78 is 28.0. The highest BCUT2D eigenvalue weighted by molar-refractivity contribution is 4.81. The molecule has 0 bridgehead atoms. The van der Waals surface area contributed by atoms with Crippen molar-refractivity contribution in [3.05, 3.63) is 0 Å². The first-order valence-corrected chi connectivity index (χ1v) is 2.10. The smallest absolute Gasteiger partial charge is 0.240 e. The lowest BCUT2D eigenvalue weighted by Gasteiger charge is -2.33. The van der Waals surface area contributed by atoms with E-state index in [1.54, 1.807) is 0 Å². The van der Waals surface area contributed by atoms with Crippen molar-refractivity contribution in [2.24, 2.45) is 0 Å². The SMILES string of the molecule is CC1(F)OCC1F. The molecule has 1 fully saturated rings. The Bertz CT molecular complexity index is 81.8. The van der Waals surface area contributed by atoms with Gasteiger partial charge in [-0.3, -0.25) is 0 Å². The van der Waals surface area contributed by atoms with Gasteiger partial charge in [-0.2, -0.15) is 0 Å². The minimum absolute atomic E-state index is 0.0903. The maximum Gasteiger partial charge on any atom is 0.240 e. The van der Waals surface area contributed by atoms with Gasteiger partial charge in [0, 0.05) is 0 Å². The summed E-state index contributed by atoms with van der Waals surface area (Å²) in [7, 11) is 0. The zero-order valence-corrected chi connectivity index (χ0v) is 3.95. The predicted molar refractivity (Wildman–Crippen MR) is 20.4 cm³/mol. The predicted octanol–water partition coefficient (Wildman–Crippen LogP) is 1.04. The maximum absolute atomic E-state index is 12.0. The summed E-state index contributed by atoms with van der Waals surface area (Å²) in [5.41, 5.74) is 0. The van der Waals surface area contributed by atoms with Crippen LogP contribution in [-0.4, -0.2) is 18.6 Å². The van der Waals surface area contributed by atoms with Crippen molar-refractivity contribution in [2.45, 2.75) is 19.0 Å². The Labute approximate surface area is 40.3 Å². The van der Waals surface area contributed by atoms with Crippen LogP contribution in [0.5, 0.6) is 0 Å². The monoisotopic (exact) mass is 108 g/mol. The molecule has 0 aromatic heterocycles. The van der Waals surface area contributed by atoms with Crippen LogP contribution >= 0.6 is 0 Å². The maximum atomic E-state index is 12.0. The Morgan fingerprint density at radius 1 is 1.86 bits per heavy atom. The van der Waals surface area contributed by atoms with E-state index in [4.69, 9.17) is 0 Å². The third-order valence-electron chi connectivity index (χ3n) is 1.07. The molecule has 1 saturated heterocycles. The molecule has 0 saturated carbocycles. The lowest BCUT2D eigenvalue weighted by molar-refractivity contribution is -0.272. The van der Waals surface area contributed by atoms with Crippen LogP contribution in [-0.2, 0) is 4.74 Å². The molecule has 1 rings (SSSR count). The van der Waals surface area contributed by atoms with Crippen molar-refractivity contribution in [3.63, 3.8) is 0 Å².